The van der Waals surface area contributed by atoms with Gasteiger partial charge in [-0.3, -0.25) is 19.2 Å². The van der Waals surface area contributed by atoms with Crippen LogP contribution in [0.5, 0.6) is 0 Å². The summed E-state index contributed by atoms with van der Waals surface area (Å²) in [6.07, 6.45) is -4.41. The summed E-state index contributed by atoms with van der Waals surface area (Å²) in [5.74, 6) is -3.72. The molecule has 4 rings (SSSR count). The quantitative estimate of drug-likeness (QED) is 0.343. The largest absolute Gasteiger partial charge is 0.460 e. The second-order valence-corrected chi connectivity index (χ2v) is 11.8. The Morgan fingerprint density at radius 3 is 2.03 bits per heavy atom. The number of Topliss-reactive ketones (excluding diaryl/α,β-unsaturated/α-hetero) is 1. The molecule has 9 nitrogen and oxygen atoms in total. The summed E-state index contributed by atoms with van der Waals surface area (Å²) in [5, 5.41) is 22.9. The maximum atomic E-state index is 13.9. The molecule has 4 saturated carbocycles. The Morgan fingerprint density at radius 1 is 0.914 bits per heavy atom. The van der Waals surface area contributed by atoms with Crippen LogP contribution in [0.4, 0.5) is 0 Å². The monoisotopic (exact) mass is 492 g/mol. The molecule has 0 unspecified atom stereocenters. The normalized spacial score (nSPS) is 45.7. The highest BCUT2D eigenvalue weighted by molar-refractivity contribution is 6.04. The number of carbonyl (C=O) groups excluding carboxylic acids is 4. The van der Waals surface area contributed by atoms with Crippen molar-refractivity contribution in [3.63, 3.8) is 0 Å². The molecule has 4 fully saturated rings. The van der Waals surface area contributed by atoms with Crippen LogP contribution >= 0.6 is 0 Å². The van der Waals surface area contributed by atoms with Crippen molar-refractivity contribution in [1.29, 1.82) is 0 Å². The molecule has 0 aromatic rings. The van der Waals surface area contributed by atoms with Crippen LogP contribution in [-0.2, 0) is 33.4 Å². The zero-order chi connectivity index (χ0) is 26.2. The third kappa shape index (κ3) is 3.49. The fraction of sp³-hybridized carbons (Fsp3) is 0.769. The average Bonchev–Trinajstić information content (AvgIpc) is 2.89. The predicted molar refractivity (Wildman–Crippen MR) is 121 cm³/mol. The van der Waals surface area contributed by atoms with Crippen LogP contribution < -0.4 is 0 Å². The first-order valence-electron chi connectivity index (χ1n) is 12.2. The van der Waals surface area contributed by atoms with Crippen molar-refractivity contribution < 1.29 is 43.6 Å². The van der Waals surface area contributed by atoms with Crippen molar-refractivity contribution in [1.82, 2.24) is 0 Å². The Kier molecular flexibility index (Phi) is 6.00. The van der Waals surface area contributed by atoms with Gasteiger partial charge in [0.05, 0.1) is 17.6 Å². The number of rotatable bonds is 3. The molecule has 0 aliphatic heterocycles. The topological polar surface area (TPSA) is 136 Å². The molecular weight excluding hydrogens is 456 g/mol. The van der Waals surface area contributed by atoms with Gasteiger partial charge < -0.3 is 24.4 Å². The Bertz CT molecular complexity index is 985. The van der Waals surface area contributed by atoms with Gasteiger partial charge in [0.15, 0.2) is 11.9 Å². The van der Waals surface area contributed by atoms with E-state index in [2.05, 4.69) is 6.58 Å². The average molecular weight is 493 g/mol. The lowest BCUT2D eigenvalue weighted by atomic mass is 9.38. The van der Waals surface area contributed by atoms with E-state index >= 15 is 0 Å². The highest BCUT2D eigenvalue weighted by atomic mass is 16.6. The van der Waals surface area contributed by atoms with Gasteiger partial charge in [-0.25, -0.2) is 0 Å². The summed E-state index contributed by atoms with van der Waals surface area (Å²) >= 11 is 0. The zero-order valence-electron chi connectivity index (χ0n) is 21.2. The molecule has 35 heavy (non-hydrogen) atoms. The Morgan fingerprint density at radius 2 is 1.49 bits per heavy atom. The molecule has 0 amide bonds. The fourth-order valence-corrected chi connectivity index (χ4v) is 8.59. The number of hydrogen-bond acceptors (Lipinski definition) is 9. The molecular formula is C26H36O9. The van der Waals surface area contributed by atoms with E-state index in [0.717, 1.165) is 0 Å². The van der Waals surface area contributed by atoms with Crippen molar-refractivity contribution in [3.05, 3.63) is 12.2 Å². The summed E-state index contributed by atoms with van der Waals surface area (Å²) in [4.78, 5) is 50.5. The van der Waals surface area contributed by atoms with Crippen molar-refractivity contribution in [2.24, 2.45) is 34.0 Å². The Labute approximate surface area is 205 Å². The molecule has 2 bridgehead atoms. The number of aliphatic hydroxyl groups excluding tert-OH is 2. The molecule has 0 aromatic carbocycles. The van der Waals surface area contributed by atoms with Gasteiger partial charge in [-0.05, 0) is 36.2 Å². The predicted octanol–water partition coefficient (Wildman–Crippen LogP) is 1.72. The van der Waals surface area contributed by atoms with Crippen LogP contribution in [0.1, 0.15) is 60.8 Å². The lowest BCUT2D eigenvalue weighted by Crippen LogP contribution is -2.75. The number of aliphatic hydroxyl groups is 2. The number of hydrogen-bond donors (Lipinski definition) is 2. The Balaban J connectivity index is 2.00. The number of fused-ring (bicyclic) bond motifs is 3. The molecule has 4 aliphatic rings. The number of allylic oxidation sites excluding steroid dienone is 1. The van der Waals surface area contributed by atoms with E-state index in [-0.39, 0.29) is 18.1 Å². The molecule has 1 spiro atoms. The van der Waals surface area contributed by atoms with Crippen molar-refractivity contribution >= 4 is 23.7 Å². The van der Waals surface area contributed by atoms with Crippen molar-refractivity contribution in [2.45, 2.75) is 91.3 Å². The summed E-state index contributed by atoms with van der Waals surface area (Å²) in [6, 6.07) is 0. The van der Waals surface area contributed by atoms with E-state index in [1.807, 2.05) is 6.92 Å². The van der Waals surface area contributed by atoms with Gasteiger partial charge in [0.25, 0.3) is 0 Å². The number of carbonyl (C=O) groups is 4. The smallest absolute Gasteiger partial charge is 0.303 e. The van der Waals surface area contributed by atoms with E-state index in [0.29, 0.717) is 18.4 Å². The van der Waals surface area contributed by atoms with Crippen LogP contribution in [0.2, 0.25) is 0 Å². The van der Waals surface area contributed by atoms with E-state index in [1.54, 1.807) is 13.8 Å². The van der Waals surface area contributed by atoms with Gasteiger partial charge in [0.2, 0.25) is 0 Å². The maximum absolute atomic E-state index is 13.9. The zero-order valence-corrected chi connectivity index (χ0v) is 21.2. The van der Waals surface area contributed by atoms with Gasteiger partial charge in [-0.2, -0.15) is 0 Å². The number of ether oxygens (including phenoxy) is 3. The fourth-order valence-electron chi connectivity index (χ4n) is 8.59. The lowest BCUT2D eigenvalue weighted by molar-refractivity contribution is -0.298. The van der Waals surface area contributed by atoms with E-state index in [4.69, 9.17) is 14.2 Å². The second kappa shape index (κ2) is 8.13. The van der Waals surface area contributed by atoms with Gasteiger partial charge in [0.1, 0.15) is 12.2 Å². The Hall–Kier alpha value is -2.26. The van der Waals surface area contributed by atoms with Gasteiger partial charge in [-0.15, -0.1) is 0 Å². The van der Waals surface area contributed by atoms with Gasteiger partial charge >= 0.3 is 17.9 Å². The highest BCUT2D eigenvalue weighted by Crippen LogP contribution is 2.72. The minimum atomic E-state index is -1.35. The first-order chi connectivity index (χ1) is 16.1. The molecule has 0 saturated heterocycles. The molecule has 0 heterocycles. The third-order valence-corrected chi connectivity index (χ3v) is 9.28. The minimum Gasteiger partial charge on any atom is -0.460 e. The first-order valence-corrected chi connectivity index (χ1v) is 12.2. The third-order valence-electron chi connectivity index (χ3n) is 9.28. The second-order valence-electron chi connectivity index (χ2n) is 11.8. The van der Waals surface area contributed by atoms with Crippen LogP contribution in [0, 0.1) is 34.0 Å². The molecule has 0 radical (unpaired) electrons. The van der Waals surface area contributed by atoms with Crippen molar-refractivity contribution in [2.75, 3.05) is 0 Å². The summed E-state index contributed by atoms with van der Waals surface area (Å²) in [7, 11) is 0. The molecule has 4 aliphatic carbocycles. The minimum absolute atomic E-state index is 0.139. The van der Waals surface area contributed by atoms with E-state index in [9.17, 15) is 29.4 Å². The maximum Gasteiger partial charge on any atom is 0.303 e. The van der Waals surface area contributed by atoms with Crippen LogP contribution in [0.15, 0.2) is 12.2 Å². The molecule has 9 heteroatoms. The van der Waals surface area contributed by atoms with Crippen molar-refractivity contribution in [3.8, 4) is 0 Å². The molecule has 194 valence electrons. The SMILES string of the molecule is C=C1C(=O)[C@]23C[C@H]1C[C@H](O)[C@H]2[C@]1(C)C[C@H](OC(C)=O)[C@H](O)C(C)(C)[C@H]1[C@@H](OC(C)=O)[C@@H]3OC(C)=O. The number of esters is 3. The molecule has 10 atom stereocenters. The first kappa shape index (κ1) is 25.8. The lowest BCUT2D eigenvalue weighted by Gasteiger charge is -2.68. The summed E-state index contributed by atoms with van der Waals surface area (Å²) < 4.78 is 17.2. The van der Waals surface area contributed by atoms with Gasteiger partial charge in [-0.1, -0.05) is 27.4 Å². The summed E-state index contributed by atoms with van der Waals surface area (Å²) in [5.41, 5.74) is -2.92. The van der Waals surface area contributed by atoms with E-state index < -0.39 is 76.5 Å². The van der Waals surface area contributed by atoms with Crippen LogP contribution in [0.25, 0.3) is 0 Å². The highest BCUT2D eigenvalue weighted by Gasteiger charge is 2.78. The summed E-state index contributed by atoms with van der Waals surface area (Å²) in [6.45, 7) is 13.2. The van der Waals surface area contributed by atoms with Gasteiger partial charge in [0, 0.05) is 38.0 Å². The van der Waals surface area contributed by atoms with Crippen LogP contribution in [0.3, 0.4) is 0 Å². The standard InChI is InChI=1S/C26H36O9/c1-11-15-8-16(30)19-25(7)10-17(33-12(2)27)22(32)24(5,6)20(25)18(34-13(3)28)23(35-14(4)29)26(19,9-15)21(11)31/h15-20,22-23,30,32H,1,8-10H2,2-7H3/t15-,16+,17+,18-,19+,20-,22+,23+,25+,26+/m1/s1. The molecule has 0 aromatic heterocycles. The number of ketones is 1. The van der Waals surface area contributed by atoms with E-state index in [1.165, 1.54) is 20.8 Å². The van der Waals surface area contributed by atoms with Crippen LogP contribution in [-0.4, -0.2) is 64.4 Å². The molecule has 2 N–H and O–H groups in total.